The van der Waals surface area contributed by atoms with Crippen molar-refractivity contribution in [2.24, 2.45) is 5.92 Å². The van der Waals surface area contributed by atoms with Gasteiger partial charge >= 0.3 is 0 Å². The van der Waals surface area contributed by atoms with Crippen LogP contribution in [0.5, 0.6) is 0 Å². The normalized spacial score (nSPS) is 18.3. The summed E-state index contributed by atoms with van der Waals surface area (Å²) in [6, 6.07) is 10.8. The van der Waals surface area contributed by atoms with Crippen LogP contribution in [0.2, 0.25) is 0 Å². The smallest absolute Gasteiger partial charge is 0.0640 e. The van der Waals surface area contributed by atoms with Gasteiger partial charge in [0.05, 0.1) is 12.5 Å². The average Bonchev–Trinajstić information content (AvgIpc) is 3.01. The van der Waals surface area contributed by atoms with E-state index in [1.54, 1.807) is 0 Å². The van der Waals surface area contributed by atoms with Gasteiger partial charge in [0.25, 0.3) is 0 Å². The van der Waals surface area contributed by atoms with Gasteiger partial charge in [0.15, 0.2) is 0 Å². The Hall–Kier alpha value is -1.57. The molecule has 1 heterocycles. The summed E-state index contributed by atoms with van der Waals surface area (Å²) in [7, 11) is 2.03. The molecule has 1 unspecified atom stereocenters. The molecule has 22 heavy (non-hydrogen) atoms. The molecule has 2 rings (SSSR count). The lowest BCUT2D eigenvalue weighted by atomic mass is 10.1. The Balaban J connectivity index is 1.71. The quantitative estimate of drug-likeness (QED) is 0.801. The van der Waals surface area contributed by atoms with Crippen LogP contribution in [0.15, 0.2) is 24.3 Å². The molecule has 1 aliphatic heterocycles. The number of benzene rings is 1. The van der Waals surface area contributed by atoms with Crippen LogP contribution in [-0.2, 0) is 6.54 Å². The highest BCUT2D eigenvalue weighted by Gasteiger charge is 2.20. The number of nitriles is 1. The van der Waals surface area contributed by atoms with Crippen LogP contribution in [0.3, 0.4) is 0 Å². The lowest BCUT2D eigenvalue weighted by Gasteiger charge is -2.18. The summed E-state index contributed by atoms with van der Waals surface area (Å²) in [5, 5.41) is 12.2. The molecule has 0 aromatic heterocycles. The molecule has 4 nitrogen and oxygen atoms in total. The first-order chi connectivity index (χ1) is 10.7. The summed E-state index contributed by atoms with van der Waals surface area (Å²) in [6.07, 6.45) is 1.89. The van der Waals surface area contributed by atoms with Crippen LogP contribution in [0.4, 0.5) is 5.69 Å². The van der Waals surface area contributed by atoms with E-state index < -0.39 is 0 Å². The summed E-state index contributed by atoms with van der Waals surface area (Å²) in [5.74, 6) is 0.802. The Bertz CT molecular complexity index is 477. The van der Waals surface area contributed by atoms with Gasteiger partial charge in [-0.15, -0.1) is 0 Å². The van der Waals surface area contributed by atoms with Crippen LogP contribution in [-0.4, -0.2) is 44.7 Å². The highest BCUT2D eigenvalue weighted by atomic mass is 15.1. The molecule has 1 fully saturated rings. The third-order valence-electron chi connectivity index (χ3n) is 4.52. The molecule has 0 amide bonds. The molecule has 0 bridgehead atoms. The minimum Gasteiger partial charge on any atom is -0.374 e. The Kier molecular flexibility index (Phi) is 6.70. The van der Waals surface area contributed by atoms with Gasteiger partial charge in [-0.05, 0) is 49.7 Å². The van der Waals surface area contributed by atoms with Gasteiger partial charge in [-0.3, -0.25) is 0 Å². The maximum atomic E-state index is 8.64. The average molecular weight is 300 g/mol. The second kappa shape index (κ2) is 8.77. The molecule has 4 heteroatoms. The van der Waals surface area contributed by atoms with Gasteiger partial charge in [-0.1, -0.05) is 19.1 Å². The van der Waals surface area contributed by atoms with E-state index in [4.69, 9.17) is 5.26 Å². The largest absolute Gasteiger partial charge is 0.374 e. The minimum atomic E-state index is 0.565. The molecular weight excluding hydrogens is 272 g/mol. The van der Waals surface area contributed by atoms with Crippen molar-refractivity contribution in [1.29, 1.82) is 5.26 Å². The van der Waals surface area contributed by atoms with Gasteiger partial charge in [0, 0.05) is 32.4 Å². The number of nitrogens with one attached hydrogen (secondary N) is 1. The maximum Gasteiger partial charge on any atom is 0.0640 e. The lowest BCUT2D eigenvalue weighted by molar-refractivity contribution is 0.339. The van der Waals surface area contributed by atoms with E-state index in [0.29, 0.717) is 6.42 Å². The van der Waals surface area contributed by atoms with Crippen molar-refractivity contribution in [1.82, 2.24) is 10.2 Å². The van der Waals surface area contributed by atoms with Gasteiger partial charge in [-0.2, -0.15) is 5.26 Å². The number of anilines is 1. The zero-order valence-electron chi connectivity index (χ0n) is 13.9. The van der Waals surface area contributed by atoms with Crippen molar-refractivity contribution < 1.29 is 0 Å². The number of nitrogens with zero attached hydrogens (tertiary/aromatic N) is 3. The lowest BCUT2D eigenvalue weighted by Crippen LogP contribution is -2.26. The summed E-state index contributed by atoms with van der Waals surface area (Å²) in [4.78, 5) is 4.65. The van der Waals surface area contributed by atoms with Crippen molar-refractivity contribution in [2.45, 2.75) is 26.3 Å². The maximum absolute atomic E-state index is 8.64. The summed E-state index contributed by atoms with van der Waals surface area (Å²) in [6.45, 7) is 8.75. The molecule has 1 atom stereocenters. The zero-order valence-corrected chi connectivity index (χ0v) is 13.9. The van der Waals surface area contributed by atoms with E-state index in [9.17, 15) is 0 Å². The van der Waals surface area contributed by atoms with E-state index in [0.717, 1.165) is 25.6 Å². The van der Waals surface area contributed by atoms with Crippen LogP contribution in [0, 0.1) is 17.2 Å². The summed E-state index contributed by atoms with van der Waals surface area (Å²) >= 11 is 0. The molecule has 1 N–H and O–H groups in total. The Labute approximate surface area is 134 Å². The molecule has 120 valence electrons. The van der Waals surface area contributed by atoms with Gasteiger partial charge < -0.3 is 15.1 Å². The molecular formula is C18H28N4. The van der Waals surface area contributed by atoms with Crippen molar-refractivity contribution in [3.8, 4) is 6.07 Å². The van der Waals surface area contributed by atoms with E-state index in [1.165, 1.54) is 37.3 Å². The van der Waals surface area contributed by atoms with E-state index in [-0.39, 0.29) is 0 Å². The second-order valence-corrected chi connectivity index (χ2v) is 6.17. The van der Waals surface area contributed by atoms with Crippen LogP contribution in [0.25, 0.3) is 0 Å². The highest BCUT2D eigenvalue weighted by Crippen LogP contribution is 2.16. The van der Waals surface area contributed by atoms with Crippen molar-refractivity contribution in [3.05, 3.63) is 29.8 Å². The fraction of sp³-hybridized carbons (Fsp3) is 0.611. The van der Waals surface area contributed by atoms with E-state index in [1.807, 2.05) is 7.05 Å². The van der Waals surface area contributed by atoms with Crippen LogP contribution >= 0.6 is 0 Å². The van der Waals surface area contributed by atoms with E-state index in [2.05, 4.69) is 52.4 Å². The van der Waals surface area contributed by atoms with E-state index >= 15 is 0 Å². The molecule has 1 aromatic carbocycles. The Morgan fingerprint density at radius 1 is 1.36 bits per heavy atom. The van der Waals surface area contributed by atoms with Gasteiger partial charge in [0.1, 0.15) is 0 Å². The van der Waals surface area contributed by atoms with Crippen molar-refractivity contribution >= 4 is 5.69 Å². The van der Waals surface area contributed by atoms with Gasteiger partial charge in [-0.25, -0.2) is 0 Å². The van der Waals surface area contributed by atoms with Crippen molar-refractivity contribution in [2.75, 3.05) is 44.7 Å². The second-order valence-electron chi connectivity index (χ2n) is 6.17. The predicted molar refractivity (Wildman–Crippen MR) is 91.9 cm³/mol. The molecule has 1 aliphatic rings. The predicted octanol–water partition coefficient (Wildman–Crippen LogP) is 2.47. The summed E-state index contributed by atoms with van der Waals surface area (Å²) < 4.78 is 0. The first kappa shape index (κ1) is 16.8. The minimum absolute atomic E-state index is 0.565. The standard InChI is InChI=1S/C18H28N4/c1-3-22-12-9-17(15-22)14-20-13-16-5-7-18(8-6-16)21(2)11-4-10-19/h5-8,17,20H,3-4,9,11-15H2,1-2H3. The monoisotopic (exact) mass is 300 g/mol. The first-order valence-electron chi connectivity index (χ1n) is 8.33. The fourth-order valence-corrected chi connectivity index (χ4v) is 3.00. The first-order valence-corrected chi connectivity index (χ1v) is 8.33. The molecule has 0 spiro atoms. The Morgan fingerprint density at radius 3 is 2.77 bits per heavy atom. The molecule has 1 aromatic rings. The third-order valence-corrected chi connectivity index (χ3v) is 4.52. The molecule has 0 radical (unpaired) electrons. The number of likely N-dealkylation sites (tertiary alicyclic amines) is 1. The number of hydrogen-bond donors (Lipinski definition) is 1. The topological polar surface area (TPSA) is 42.3 Å². The highest BCUT2D eigenvalue weighted by molar-refractivity contribution is 5.46. The third kappa shape index (κ3) is 5.01. The van der Waals surface area contributed by atoms with Gasteiger partial charge in [0.2, 0.25) is 0 Å². The molecule has 1 saturated heterocycles. The van der Waals surface area contributed by atoms with Crippen molar-refractivity contribution in [3.63, 3.8) is 0 Å². The molecule has 0 aliphatic carbocycles. The molecule has 0 saturated carbocycles. The van der Waals surface area contributed by atoms with Crippen LogP contribution < -0.4 is 10.2 Å². The SMILES string of the molecule is CCN1CCC(CNCc2ccc(N(C)CCC#N)cc2)C1. The Morgan fingerprint density at radius 2 is 2.14 bits per heavy atom. The number of rotatable bonds is 8. The zero-order chi connectivity index (χ0) is 15.8. The summed E-state index contributed by atoms with van der Waals surface area (Å²) in [5.41, 5.74) is 2.50. The van der Waals surface area contributed by atoms with Crippen LogP contribution in [0.1, 0.15) is 25.3 Å². The fourth-order valence-electron chi connectivity index (χ4n) is 3.00. The number of hydrogen-bond acceptors (Lipinski definition) is 4.